The minimum atomic E-state index is 0.423. The molecular formula is C50H88O. The number of rotatable bonds is 2. The van der Waals surface area contributed by atoms with E-state index in [1.165, 1.54) is 37.7 Å². The van der Waals surface area contributed by atoms with Crippen molar-refractivity contribution in [1.82, 2.24) is 0 Å². The number of ether oxygens (including phenoxy) is 1. The fraction of sp³-hybridized carbons (Fsp3) is 0.640. The molecule has 1 nitrogen and oxygen atoms in total. The topological polar surface area (TPSA) is 9.23 Å². The van der Waals surface area contributed by atoms with Crippen LogP contribution in [0.15, 0.2) is 72.8 Å². The zero-order valence-corrected chi connectivity index (χ0v) is 37.7. The summed E-state index contributed by atoms with van der Waals surface area (Å²) in [5, 5.41) is 0. The minimum Gasteiger partial charge on any atom is -0.493 e. The molecule has 294 valence electrons. The van der Waals surface area contributed by atoms with Crippen LogP contribution in [0.5, 0.6) is 5.75 Å². The van der Waals surface area contributed by atoms with Crippen LogP contribution in [0.2, 0.25) is 0 Å². The Morgan fingerprint density at radius 2 is 0.902 bits per heavy atom. The molecule has 3 atom stereocenters. The van der Waals surface area contributed by atoms with Crippen LogP contribution in [0.3, 0.4) is 0 Å². The summed E-state index contributed by atoms with van der Waals surface area (Å²) in [6.07, 6.45) is 7.82. The molecule has 0 saturated heterocycles. The second kappa shape index (κ2) is 32.1. The van der Waals surface area contributed by atoms with Crippen LogP contribution in [0, 0.1) is 17.3 Å². The Kier molecular flexibility index (Phi) is 33.3. The Morgan fingerprint density at radius 1 is 0.490 bits per heavy atom. The van der Waals surface area contributed by atoms with E-state index in [2.05, 4.69) is 115 Å². The minimum absolute atomic E-state index is 0.423. The lowest BCUT2D eigenvalue weighted by molar-refractivity contribution is 0.247. The van der Waals surface area contributed by atoms with E-state index in [4.69, 9.17) is 4.74 Å². The summed E-state index contributed by atoms with van der Waals surface area (Å²) in [7, 11) is 0. The Labute approximate surface area is 321 Å². The third-order valence-corrected chi connectivity index (χ3v) is 9.21. The van der Waals surface area contributed by atoms with Gasteiger partial charge in [0.2, 0.25) is 0 Å². The second-order valence-electron chi connectivity index (χ2n) is 13.6. The van der Waals surface area contributed by atoms with E-state index in [9.17, 15) is 0 Å². The predicted octanol–water partition coefficient (Wildman–Crippen LogP) is 16.9. The van der Waals surface area contributed by atoms with Crippen molar-refractivity contribution < 1.29 is 4.74 Å². The maximum atomic E-state index is 5.60. The standard InChI is InChI=1S/2C13H18.C12H16O.6C2H6/c1-13(2,3)12-9-8-10-6-4-5-7-11(10)12;1-10(2)12-9-5-7-11-6-3-4-8-13(11)12;1-9(2)10-7-8-13-12-6-4-3-5-11(10)12;6*1-2/h4-7,12H,8-9H2,1-3H3;3-4,6,8,10,12H,5,7,9H2,1-2H3;3-6,9-10H,7-8H2,1-2H3;6*1-2H3. The summed E-state index contributed by atoms with van der Waals surface area (Å²) in [6.45, 7) is 41.2. The van der Waals surface area contributed by atoms with Gasteiger partial charge in [0.1, 0.15) is 5.75 Å². The van der Waals surface area contributed by atoms with Crippen LogP contribution in [0.25, 0.3) is 0 Å². The van der Waals surface area contributed by atoms with Gasteiger partial charge in [0.05, 0.1) is 6.61 Å². The molecular weight excluding hydrogens is 617 g/mol. The molecule has 2 aliphatic carbocycles. The average molecular weight is 705 g/mol. The lowest BCUT2D eigenvalue weighted by Crippen LogP contribution is -2.17. The van der Waals surface area contributed by atoms with Gasteiger partial charge in [-0.2, -0.15) is 0 Å². The number of para-hydroxylation sites is 1. The van der Waals surface area contributed by atoms with Crippen molar-refractivity contribution in [2.75, 3.05) is 6.61 Å². The zero-order valence-electron chi connectivity index (χ0n) is 37.7. The number of hydrogen-bond acceptors (Lipinski definition) is 1. The fourth-order valence-electron chi connectivity index (χ4n) is 7.00. The summed E-state index contributed by atoms with van der Waals surface area (Å²) in [5.41, 5.74) is 8.18. The highest BCUT2D eigenvalue weighted by Gasteiger charge is 2.31. The normalized spacial score (nSPS) is 17.1. The first-order valence-electron chi connectivity index (χ1n) is 21.5. The molecule has 3 aliphatic rings. The van der Waals surface area contributed by atoms with Gasteiger partial charge in [-0.1, -0.05) is 198 Å². The van der Waals surface area contributed by atoms with E-state index in [0.717, 1.165) is 36.5 Å². The number of hydrogen-bond donors (Lipinski definition) is 0. The van der Waals surface area contributed by atoms with Crippen LogP contribution in [0.1, 0.15) is 203 Å². The van der Waals surface area contributed by atoms with E-state index in [0.29, 0.717) is 17.3 Å². The van der Waals surface area contributed by atoms with E-state index in [1.54, 1.807) is 22.3 Å². The molecule has 51 heavy (non-hydrogen) atoms. The molecule has 0 aromatic heterocycles. The highest BCUT2D eigenvalue weighted by atomic mass is 16.5. The third kappa shape index (κ3) is 18.2. The summed E-state index contributed by atoms with van der Waals surface area (Å²) in [6, 6.07) is 26.3. The van der Waals surface area contributed by atoms with Gasteiger partial charge in [-0.15, -0.1) is 0 Å². The van der Waals surface area contributed by atoms with Crippen molar-refractivity contribution in [3.05, 3.63) is 101 Å². The van der Waals surface area contributed by atoms with Gasteiger partial charge in [-0.25, -0.2) is 0 Å². The van der Waals surface area contributed by atoms with Crippen LogP contribution >= 0.6 is 0 Å². The Balaban J connectivity index is -0.000000589. The maximum Gasteiger partial charge on any atom is 0.122 e. The Bertz CT molecular complexity index is 1120. The molecule has 1 aliphatic heterocycles. The molecule has 0 saturated carbocycles. The van der Waals surface area contributed by atoms with Crippen LogP contribution in [-0.2, 0) is 12.8 Å². The smallest absolute Gasteiger partial charge is 0.122 e. The molecule has 3 unspecified atom stereocenters. The second-order valence-corrected chi connectivity index (χ2v) is 13.6. The van der Waals surface area contributed by atoms with Crippen LogP contribution in [0.4, 0.5) is 0 Å². The molecule has 0 fully saturated rings. The van der Waals surface area contributed by atoms with Crippen LogP contribution < -0.4 is 4.74 Å². The first kappa shape index (κ1) is 52.8. The molecule has 1 heterocycles. The van der Waals surface area contributed by atoms with Crippen molar-refractivity contribution in [1.29, 1.82) is 0 Å². The molecule has 0 bridgehead atoms. The molecule has 0 amide bonds. The van der Waals surface area contributed by atoms with Gasteiger partial charge in [0.15, 0.2) is 0 Å². The monoisotopic (exact) mass is 705 g/mol. The largest absolute Gasteiger partial charge is 0.493 e. The SMILES string of the molecule is CC.CC.CC.CC.CC.CC.CC(C)(C)C1CCc2ccccc21.CC(C)C1CCCc2ccccc21.CC(C)C1CCOc2ccccc21. The van der Waals surface area contributed by atoms with Crippen molar-refractivity contribution in [2.45, 2.75) is 188 Å². The van der Waals surface area contributed by atoms with Gasteiger partial charge in [0.25, 0.3) is 0 Å². The van der Waals surface area contributed by atoms with Gasteiger partial charge >= 0.3 is 0 Å². The van der Waals surface area contributed by atoms with Gasteiger partial charge in [-0.3, -0.25) is 0 Å². The summed E-state index contributed by atoms with van der Waals surface area (Å²) < 4.78 is 5.60. The van der Waals surface area contributed by atoms with E-state index in [1.807, 2.05) is 89.2 Å². The first-order valence-corrected chi connectivity index (χ1v) is 21.5. The van der Waals surface area contributed by atoms with Crippen LogP contribution in [-0.4, -0.2) is 6.61 Å². The summed E-state index contributed by atoms with van der Waals surface area (Å²) in [5.74, 6) is 4.86. The van der Waals surface area contributed by atoms with Gasteiger partial charge in [-0.05, 0) is 107 Å². The molecule has 0 radical (unpaired) electrons. The Morgan fingerprint density at radius 3 is 1.39 bits per heavy atom. The lowest BCUT2D eigenvalue weighted by atomic mass is 9.77. The summed E-state index contributed by atoms with van der Waals surface area (Å²) in [4.78, 5) is 0. The quantitative estimate of drug-likeness (QED) is 0.258. The lowest BCUT2D eigenvalue weighted by Gasteiger charge is -2.28. The molecule has 1 heteroatoms. The van der Waals surface area contributed by atoms with E-state index >= 15 is 0 Å². The zero-order chi connectivity index (χ0) is 40.0. The maximum absolute atomic E-state index is 5.60. The first-order chi connectivity index (χ1) is 24.7. The van der Waals surface area contributed by atoms with Crippen molar-refractivity contribution in [2.24, 2.45) is 17.3 Å². The molecule has 3 aromatic rings. The predicted molar refractivity (Wildman–Crippen MR) is 236 cm³/mol. The fourth-order valence-corrected chi connectivity index (χ4v) is 7.00. The van der Waals surface area contributed by atoms with Gasteiger partial charge < -0.3 is 4.74 Å². The van der Waals surface area contributed by atoms with Crippen molar-refractivity contribution in [3.63, 3.8) is 0 Å². The highest BCUT2D eigenvalue weighted by molar-refractivity contribution is 5.38. The summed E-state index contributed by atoms with van der Waals surface area (Å²) >= 11 is 0. The van der Waals surface area contributed by atoms with Crippen molar-refractivity contribution >= 4 is 0 Å². The number of aryl methyl sites for hydroxylation is 2. The third-order valence-electron chi connectivity index (χ3n) is 9.21. The molecule has 0 spiro atoms. The van der Waals surface area contributed by atoms with E-state index in [-0.39, 0.29) is 0 Å². The average Bonchev–Trinajstić information content (AvgIpc) is 3.65. The molecule has 3 aromatic carbocycles. The molecule has 6 rings (SSSR count). The number of fused-ring (bicyclic) bond motifs is 3. The van der Waals surface area contributed by atoms with E-state index < -0.39 is 0 Å². The number of benzene rings is 3. The highest BCUT2D eigenvalue weighted by Crippen LogP contribution is 2.44. The van der Waals surface area contributed by atoms with Gasteiger partial charge in [0, 0.05) is 0 Å². The van der Waals surface area contributed by atoms with Crippen molar-refractivity contribution in [3.8, 4) is 5.75 Å². The Hall–Kier alpha value is -2.54. The molecule has 0 N–H and O–H groups in total.